The molecule has 0 radical (unpaired) electrons. The molecular weight excluding hydrogens is 144 g/mol. The van der Waals surface area contributed by atoms with E-state index in [9.17, 15) is 0 Å². The Morgan fingerprint density at radius 1 is 1.25 bits per heavy atom. The molecule has 0 aliphatic carbocycles. The van der Waals surface area contributed by atoms with Crippen LogP contribution in [0.15, 0.2) is 12.7 Å². The summed E-state index contributed by atoms with van der Waals surface area (Å²) < 4.78 is 0. The van der Waals surface area contributed by atoms with E-state index in [1.165, 1.54) is 12.8 Å². The van der Waals surface area contributed by atoms with Crippen LogP contribution < -0.4 is 0 Å². The first kappa shape index (κ1) is 14.3. The van der Waals surface area contributed by atoms with Crippen molar-refractivity contribution >= 4 is 0 Å². The Morgan fingerprint density at radius 3 is 2.00 bits per heavy atom. The van der Waals surface area contributed by atoms with Crippen LogP contribution in [0.4, 0.5) is 0 Å². The third-order valence-electron chi connectivity index (χ3n) is 2.67. The molecule has 0 aromatic heterocycles. The van der Waals surface area contributed by atoms with Crippen molar-refractivity contribution in [1.82, 2.24) is 0 Å². The molecule has 0 nitrogen and oxygen atoms in total. The summed E-state index contributed by atoms with van der Waals surface area (Å²) in [6, 6.07) is 0. The van der Waals surface area contributed by atoms with Gasteiger partial charge in [-0.15, -0.1) is 6.58 Å². The predicted octanol–water partition coefficient (Wildman–Crippen LogP) is 4.52. The van der Waals surface area contributed by atoms with Crippen molar-refractivity contribution in [2.24, 2.45) is 17.8 Å². The highest BCUT2D eigenvalue weighted by Crippen LogP contribution is 2.26. The molecule has 2 atom stereocenters. The zero-order valence-corrected chi connectivity index (χ0v) is 8.43. The third-order valence-corrected chi connectivity index (χ3v) is 2.67. The highest BCUT2D eigenvalue weighted by atomic mass is 14.2. The molecule has 0 rings (SSSR count). The lowest BCUT2D eigenvalue weighted by atomic mass is 9.81. The minimum Gasteiger partial charge on any atom is -0.103 e. The van der Waals surface area contributed by atoms with E-state index in [1.54, 1.807) is 0 Å². The molecule has 0 aromatic rings. The Balaban J connectivity index is 0. The molecule has 0 aliphatic heterocycles. The molecule has 0 fully saturated rings. The molecule has 0 bridgehead atoms. The van der Waals surface area contributed by atoms with Crippen molar-refractivity contribution < 1.29 is 0 Å². The first-order chi connectivity index (χ1) is 5.13. The van der Waals surface area contributed by atoms with Gasteiger partial charge in [-0.2, -0.15) is 0 Å². The number of rotatable bonds is 5. The zero-order valence-electron chi connectivity index (χ0n) is 8.43. The van der Waals surface area contributed by atoms with Gasteiger partial charge < -0.3 is 0 Å². The van der Waals surface area contributed by atoms with E-state index in [0.717, 1.165) is 17.8 Å². The van der Waals surface area contributed by atoms with E-state index >= 15 is 0 Å². The molecule has 0 amide bonds. The smallest absolute Gasteiger partial charge is 0.0320 e. The molecule has 0 heterocycles. The summed E-state index contributed by atoms with van der Waals surface area (Å²) in [5, 5.41) is 0. The normalized spacial score (nSPS) is 15.1. The minimum absolute atomic E-state index is 0. The second-order valence-corrected chi connectivity index (χ2v) is 3.82. The Bertz CT molecular complexity index is 103. The molecule has 0 aliphatic rings. The molecule has 0 aromatic carbocycles. The lowest BCUT2D eigenvalue weighted by Crippen LogP contribution is -2.16. The molecule has 0 saturated heterocycles. The van der Waals surface area contributed by atoms with Crippen molar-refractivity contribution in [3.05, 3.63) is 12.7 Å². The molecule has 0 spiro atoms. The van der Waals surface area contributed by atoms with Gasteiger partial charge in [-0.1, -0.05) is 47.6 Å². The highest BCUT2D eigenvalue weighted by molar-refractivity contribution is 4.78. The fraction of sp³-hybridized carbons (Fsp3) is 0.833. The van der Waals surface area contributed by atoms with Crippen LogP contribution in [0.5, 0.6) is 0 Å². The summed E-state index contributed by atoms with van der Waals surface area (Å²) in [6.07, 6.45) is 4.51. The van der Waals surface area contributed by atoms with E-state index in [2.05, 4.69) is 40.3 Å². The zero-order chi connectivity index (χ0) is 8.85. The first-order valence-electron chi connectivity index (χ1n) is 4.74. The summed E-state index contributed by atoms with van der Waals surface area (Å²) in [5.41, 5.74) is 0. The van der Waals surface area contributed by atoms with E-state index in [4.69, 9.17) is 0 Å². The molecule has 0 unspecified atom stereocenters. The maximum absolute atomic E-state index is 3.80. The molecule has 0 heteroatoms. The van der Waals surface area contributed by atoms with Crippen LogP contribution in [0, 0.1) is 17.8 Å². The van der Waals surface area contributed by atoms with Gasteiger partial charge >= 0.3 is 0 Å². The topological polar surface area (TPSA) is 0 Å². The lowest BCUT2D eigenvalue weighted by molar-refractivity contribution is 0.267. The van der Waals surface area contributed by atoms with Crippen LogP contribution in [-0.2, 0) is 0 Å². The van der Waals surface area contributed by atoms with Crippen molar-refractivity contribution in [1.29, 1.82) is 0 Å². The standard InChI is InChI=1S/C11H22.CH4/c1-6-8-11(9(3)4)10(5)7-2;/h6,9-11H,1,7-8H2,2-5H3;1H4/t10-,11-;/m0./s1. The van der Waals surface area contributed by atoms with Gasteiger partial charge in [0.25, 0.3) is 0 Å². The fourth-order valence-electron chi connectivity index (χ4n) is 1.66. The summed E-state index contributed by atoms with van der Waals surface area (Å²) in [5.74, 6) is 2.47. The van der Waals surface area contributed by atoms with Crippen molar-refractivity contribution in [2.75, 3.05) is 0 Å². The van der Waals surface area contributed by atoms with Crippen molar-refractivity contribution in [2.45, 2.75) is 48.0 Å². The predicted molar refractivity (Wildman–Crippen MR) is 59.3 cm³/mol. The van der Waals surface area contributed by atoms with Gasteiger partial charge in [0.1, 0.15) is 0 Å². The second kappa shape index (κ2) is 7.39. The average molecular weight is 170 g/mol. The van der Waals surface area contributed by atoms with Crippen LogP contribution in [0.25, 0.3) is 0 Å². The van der Waals surface area contributed by atoms with E-state index in [-0.39, 0.29) is 7.43 Å². The summed E-state index contributed by atoms with van der Waals surface area (Å²) >= 11 is 0. The largest absolute Gasteiger partial charge is 0.103 e. The van der Waals surface area contributed by atoms with Gasteiger partial charge in [0.2, 0.25) is 0 Å². The van der Waals surface area contributed by atoms with Crippen molar-refractivity contribution in [3.63, 3.8) is 0 Å². The molecule has 74 valence electrons. The van der Waals surface area contributed by atoms with Crippen molar-refractivity contribution in [3.8, 4) is 0 Å². The Kier molecular flexibility index (Phi) is 8.79. The van der Waals surface area contributed by atoms with Crippen LogP contribution in [0.1, 0.15) is 48.0 Å². The highest BCUT2D eigenvalue weighted by Gasteiger charge is 2.17. The van der Waals surface area contributed by atoms with Gasteiger partial charge in [-0.25, -0.2) is 0 Å². The average Bonchev–Trinajstić information content (AvgIpc) is 1.98. The van der Waals surface area contributed by atoms with Crippen LogP contribution >= 0.6 is 0 Å². The maximum Gasteiger partial charge on any atom is -0.0320 e. The van der Waals surface area contributed by atoms with Crippen LogP contribution in [0.2, 0.25) is 0 Å². The first-order valence-corrected chi connectivity index (χ1v) is 4.74. The summed E-state index contributed by atoms with van der Waals surface area (Å²) in [6.45, 7) is 13.0. The second-order valence-electron chi connectivity index (χ2n) is 3.82. The Hall–Kier alpha value is -0.260. The van der Waals surface area contributed by atoms with Gasteiger partial charge in [0.05, 0.1) is 0 Å². The quantitative estimate of drug-likeness (QED) is 0.532. The van der Waals surface area contributed by atoms with Gasteiger partial charge in [-0.05, 0) is 24.2 Å². The van der Waals surface area contributed by atoms with Crippen LogP contribution in [0.3, 0.4) is 0 Å². The van der Waals surface area contributed by atoms with Gasteiger partial charge in [0, 0.05) is 0 Å². The maximum atomic E-state index is 3.80. The molecule has 12 heavy (non-hydrogen) atoms. The van der Waals surface area contributed by atoms with E-state index in [0.29, 0.717) is 0 Å². The fourth-order valence-corrected chi connectivity index (χ4v) is 1.66. The van der Waals surface area contributed by atoms with E-state index < -0.39 is 0 Å². The number of allylic oxidation sites excluding steroid dienone is 1. The number of hydrogen-bond acceptors (Lipinski definition) is 0. The third kappa shape index (κ3) is 4.58. The monoisotopic (exact) mass is 170 g/mol. The van der Waals surface area contributed by atoms with Crippen LogP contribution in [-0.4, -0.2) is 0 Å². The minimum atomic E-state index is 0. The summed E-state index contributed by atoms with van der Waals surface area (Å²) in [4.78, 5) is 0. The number of hydrogen-bond donors (Lipinski definition) is 0. The Morgan fingerprint density at radius 2 is 1.75 bits per heavy atom. The molecular formula is C12H26. The summed E-state index contributed by atoms with van der Waals surface area (Å²) in [7, 11) is 0. The van der Waals surface area contributed by atoms with Gasteiger partial charge in [-0.3, -0.25) is 0 Å². The molecule has 0 N–H and O–H groups in total. The SMILES string of the molecule is C.C=CC[C@@H](C(C)C)[C@@H](C)CC. The molecule has 0 saturated carbocycles. The van der Waals surface area contributed by atoms with Gasteiger partial charge in [0.15, 0.2) is 0 Å². The lowest BCUT2D eigenvalue weighted by Gasteiger charge is -2.25. The van der Waals surface area contributed by atoms with E-state index in [1.807, 2.05) is 0 Å². The Labute approximate surface area is 79.1 Å².